The van der Waals surface area contributed by atoms with Gasteiger partial charge in [0.15, 0.2) is 0 Å². The van der Waals surface area contributed by atoms with Crippen LogP contribution < -0.4 is 18.9 Å². The summed E-state index contributed by atoms with van der Waals surface area (Å²) < 4.78 is 5.17. The summed E-state index contributed by atoms with van der Waals surface area (Å²) in [6.45, 7) is 9.39. The Kier molecular flexibility index (Phi) is 7.66. The molecule has 0 radical (unpaired) electrons. The van der Waals surface area contributed by atoms with Crippen molar-refractivity contribution in [3.63, 3.8) is 0 Å². The Balaban J connectivity index is 0.00000289. The van der Waals surface area contributed by atoms with Gasteiger partial charge in [0.25, 0.3) is 0 Å². The van der Waals surface area contributed by atoms with Crippen molar-refractivity contribution in [3.8, 4) is 0 Å². The predicted octanol–water partition coefficient (Wildman–Crippen LogP) is 0.456. The molecule has 1 aromatic carbocycles. The fourth-order valence-corrected chi connectivity index (χ4v) is 1.73. The van der Waals surface area contributed by atoms with Crippen LogP contribution in [0.25, 0.3) is 0 Å². The molecule has 0 aliphatic rings. The molecular weight excluding hydrogens is 221 g/mol. The van der Waals surface area contributed by atoms with Gasteiger partial charge in [-0.2, -0.15) is 17.7 Å². The number of carbonyl (C=O) groups excluding carboxylic acids is 1. The predicted molar refractivity (Wildman–Crippen MR) is 68.4 cm³/mol. The van der Waals surface area contributed by atoms with E-state index >= 15 is 0 Å². The van der Waals surface area contributed by atoms with Crippen LogP contribution in [0.1, 0.15) is 33.3 Å². The maximum absolute atomic E-state index is 11.9. The normalized spacial score (nSPS) is 9.89. The molecule has 0 aliphatic carbocycles. The Morgan fingerprint density at radius 1 is 1.11 bits per heavy atom. The maximum Gasteiger partial charge on any atom is 1.00 e. The van der Waals surface area contributed by atoms with Crippen molar-refractivity contribution in [1.29, 1.82) is 0 Å². The van der Waals surface area contributed by atoms with E-state index in [0.717, 1.165) is 5.56 Å². The van der Waals surface area contributed by atoms with Gasteiger partial charge in [0, 0.05) is 12.1 Å². The second-order valence-electron chi connectivity index (χ2n) is 4.51. The van der Waals surface area contributed by atoms with Crippen molar-refractivity contribution in [1.82, 2.24) is 4.90 Å². The summed E-state index contributed by atoms with van der Waals surface area (Å²) in [7, 11) is 0. The van der Waals surface area contributed by atoms with Gasteiger partial charge in [0.05, 0.1) is 0 Å². The summed E-state index contributed by atoms with van der Waals surface area (Å²) in [6.07, 6.45) is -0.307. The van der Waals surface area contributed by atoms with Gasteiger partial charge >= 0.3 is 25.0 Å². The number of ether oxygens (including phenoxy) is 1. The molecule has 0 saturated heterocycles. The third kappa shape index (κ3) is 5.08. The van der Waals surface area contributed by atoms with E-state index in [4.69, 9.17) is 4.74 Å². The van der Waals surface area contributed by atoms with Crippen molar-refractivity contribution >= 4 is 6.09 Å². The minimum absolute atomic E-state index is 0. The summed E-state index contributed by atoms with van der Waals surface area (Å²) in [6, 6.07) is 9.78. The molecule has 0 N–H and O–H groups in total. The van der Waals surface area contributed by atoms with Crippen molar-refractivity contribution in [3.05, 3.63) is 42.5 Å². The van der Waals surface area contributed by atoms with Gasteiger partial charge in [-0.15, -0.1) is 12.1 Å². The molecule has 94 valence electrons. The average Bonchev–Trinajstić information content (AvgIpc) is 2.27. The molecule has 0 heterocycles. The summed E-state index contributed by atoms with van der Waals surface area (Å²) in [4.78, 5) is 13.6. The Labute approximate surface area is 122 Å². The number of amides is 1. The van der Waals surface area contributed by atoms with E-state index in [1.54, 1.807) is 4.90 Å². The van der Waals surface area contributed by atoms with Gasteiger partial charge in [-0.3, -0.25) is 0 Å². The van der Waals surface area contributed by atoms with Crippen molar-refractivity contribution < 1.29 is 28.4 Å². The molecule has 1 aromatic rings. The largest absolute Gasteiger partial charge is 1.00 e. The Morgan fingerprint density at radius 2 is 1.61 bits per heavy atom. The maximum atomic E-state index is 11.9. The smallest absolute Gasteiger partial charge is 0.481 e. The zero-order chi connectivity index (χ0) is 12.8. The molecular formula is C14H20LiNO2. The third-order valence-corrected chi connectivity index (χ3v) is 2.42. The van der Waals surface area contributed by atoms with E-state index in [9.17, 15) is 4.79 Å². The second-order valence-corrected chi connectivity index (χ2v) is 4.51. The fourth-order valence-electron chi connectivity index (χ4n) is 1.73. The quantitative estimate of drug-likeness (QED) is 0.566. The van der Waals surface area contributed by atoms with Crippen molar-refractivity contribution in [2.24, 2.45) is 0 Å². The third-order valence-electron chi connectivity index (χ3n) is 2.42. The van der Waals surface area contributed by atoms with Crippen LogP contribution in [0.2, 0.25) is 0 Å². The van der Waals surface area contributed by atoms with Crippen LogP contribution in [0.15, 0.2) is 30.3 Å². The van der Waals surface area contributed by atoms with Crippen molar-refractivity contribution in [2.75, 3.05) is 0 Å². The molecule has 1 rings (SSSR count). The van der Waals surface area contributed by atoms with Gasteiger partial charge in [0.2, 0.25) is 0 Å². The number of carbonyl (C=O) groups is 1. The van der Waals surface area contributed by atoms with Crippen LogP contribution in [0.5, 0.6) is 0 Å². The molecule has 18 heavy (non-hydrogen) atoms. The minimum Gasteiger partial charge on any atom is -0.481 e. The first-order chi connectivity index (χ1) is 8.02. The number of rotatable bonds is 4. The number of benzene rings is 1. The topological polar surface area (TPSA) is 29.5 Å². The molecule has 0 aromatic heterocycles. The summed E-state index contributed by atoms with van der Waals surface area (Å²) in [5, 5.41) is 0. The first-order valence-corrected chi connectivity index (χ1v) is 5.89. The zero-order valence-corrected chi connectivity index (χ0v) is 11.9. The molecule has 3 nitrogen and oxygen atoms in total. The van der Waals surface area contributed by atoms with Crippen LogP contribution in [-0.4, -0.2) is 23.1 Å². The summed E-state index contributed by atoms with van der Waals surface area (Å²) >= 11 is 0. The molecule has 0 saturated carbocycles. The molecule has 0 spiro atoms. The van der Waals surface area contributed by atoms with Crippen LogP contribution in [0.4, 0.5) is 4.79 Å². The molecule has 1 amide bonds. The van der Waals surface area contributed by atoms with Crippen LogP contribution in [-0.2, 0) is 4.74 Å². The van der Waals surface area contributed by atoms with Gasteiger partial charge in [0.1, 0.15) is 0 Å². The zero-order valence-electron chi connectivity index (χ0n) is 11.9. The SMILES string of the molecule is CC(C)N(C(=O)O[CH-]c1ccccc1)C(C)C.[Li+]. The van der Waals surface area contributed by atoms with E-state index in [1.807, 2.05) is 58.0 Å². The number of nitrogens with zero attached hydrogens (tertiary/aromatic N) is 1. The molecule has 0 fully saturated rings. The molecule has 0 unspecified atom stereocenters. The molecule has 0 atom stereocenters. The molecule has 0 aliphatic heterocycles. The molecule has 4 heteroatoms. The number of hydrogen-bond acceptors (Lipinski definition) is 2. The van der Waals surface area contributed by atoms with E-state index in [-0.39, 0.29) is 37.0 Å². The Bertz CT molecular complexity index is 344. The minimum atomic E-state index is -0.307. The van der Waals surface area contributed by atoms with E-state index in [1.165, 1.54) is 6.61 Å². The first kappa shape index (κ1) is 17.0. The van der Waals surface area contributed by atoms with Gasteiger partial charge in [-0.1, -0.05) is 6.07 Å². The molecule has 0 bridgehead atoms. The second kappa shape index (κ2) is 8.13. The van der Waals surface area contributed by atoms with Gasteiger partial charge in [-0.05, 0) is 34.3 Å². The summed E-state index contributed by atoms with van der Waals surface area (Å²) in [5.74, 6) is 0. The van der Waals surface area contributed by atoms with E-state index in [2.05, 4.69) is 0 Å². The number of hydrogen-bond donors (Lipinski definition) is 0. The van der Waals surface area contributed by atoms with Crippen LogP contribution >= 0.6 is 0 Å². The first-order valence-electron chi connectivity index (χ1n) is 5.89. The van der Waals surface area contributed by atoms with E-state index < -0.39 is 0 Å². The van der Waals surface area contributed by atoms with Crippen LogP contribution in [0, 0.1) is 6.61 Å². The monoisotopic (exact) mass is 241 g/mol. The Hall–Kier alpha value is -1.04. The standard InChI is InChI=1S/C14H20NO2.Li/c1-11(2)15(12(3)4)14(16)17-10-13-8-6-5-7-9-13;/h5-12H,1-4H3;/q-1;+1. The average molecular weight is 241 g/mol. The van der Waals surface area contributed by atoms with Crippen molar-refractivity contribution in [2.45, 2.75) is 39.8 Å². The summed E-state index contributed by atoms with van der Waals surface area (Å²) in [5.41, 5.74) is 0.883. The fraction of sp³-hybridized carbons (Fsp3) is 0.429. The van der Waals surface area contributed by atoms with Gasteiger partial charge in [-0.25, -0.2) is 4.79 Å². The Morgan fingerprint density at radius 3 is 2.06 bits per heavy atom. The van der Waals surface area contributed by atoms with Gasteiger partial charge < -0.3 is 9.64 Å². The van der Waals surface area contributed by atoms with E-state index in [0.29, 0.717) is 0 Å². The van der Waals surface area contributed by atoms with Crippen LogP contribution in [0.3, 0.4) is 0 Å².